The first-order chi connectivity index (χ1) is 8.80. The number of rotatable bonds is 1. The Labute approximate surface area is 119 Å². The van der Waals surface area contributed by atoms with Crippen molar-refractivity contribution in [1.29, 1.82) is 0 Å². The van der Waals surface area contributed by atoms with Gasteiger partial charge in [-0.05, 0) is 31.5 Å². The Bertz CT molecular complexity index is 610. The van der Waals surface area contributed by atoms with Crippen molar-refractivity contribution >= 4 is 28.4 Å². The molecule has 19 heavy (non-hydrogen) atoms. The maximum absolute atomic E-state index is 12.5. The van der Waals surface area contributed by atoms with Gasteiger partial charge in [-0.1, -0.05) is 6.07 Å². The summed E-state index contributed by atoms with van der Waals surface area (Å²) >= 11 is 4.24. The molecule has 0 saturated carbocycles. The molecule has 0 radical (unpaired) electrons. The number of carbonyl (C=O) groups is 1. The Kier molecular flexibility index (Phi) is 3.92. The van der Waals surface area contributed by atoms with E-state index in [-0.39, 0.29) is 30.0 Å². The van der Waals surface area contributed by atoms with E-state index < -0.39 is 9.84 Å². The summed E-state index contributed by atoms with van der Waals surface area (Å²) in [7, 11) is -3.01. The van der Waals surface area contributed by atoms with Crippen LogP contribution >= 0.6 is 12.6 Å². The smallest absolute Gasteiger partial charge is 0.254 e. The van der Waals surface area contributed by atoms with Crippen molar-refractivity contribution in [2.75, 3.05) is 18.1 Å². The average molecular weight is 299 g/mol. The Morgan fingerprint density at radius 1 is 1.42 bits per heavy atom. The van der Waals surface area contributed by atoms with Crippen LogP contribution in [0.1, 0.15) is 22.8 Å². The van der Waals surface area contributed by atoms with Crippen molar-refractivity contribution in [3.8, 4) is 0 Å². The van der Waals surface area contributed by atoms with Gasteiger partial charge in [-0.2, -0.15) is 0 Å². The molecule has 1 fully saturated rings. The lowest BCUT2D eigenvalue weighted by atomic mass is 10.1. The number of aryl methyl sites for hydroxylation is 1. The number of amides is 1. The standard InChI is InChI=1S/C13H17NO3S2/c1-9-3-4-11(18)7-12(9)13(15)14-5-6-19(16,17)8-10(14)2/h3-4,7,10,18H,5-6,8H2,1-2H3. The number of sulfone groups is 1. The molecule has 6 heteroatoms. The van der Waals surface area contributed by atoms with Crippen LogP contribution in [0.3, 0.4) is 0 Å². The van der Waals surface area contributed by atoms with Crippen molar-refractivity contribution < 1.29 is 13.2 Å². The normalized spacial score (nSPS) is 22.3. The monoisotopic (exact) mass is 299 g/mol. The largest absolute Gasteiger partial charge is 0.334 e. The highest BCUT2D eigenvalue weighted by molar-refractivity contribution is 7.91. The summed E-state index contributed by atoms with van der Waals surface area (Å²) in [5.41, 5.74) is 1.47. The van der Waals surface area contributed by atoms with Gasteiger partial charge in [-0.25, -0.2) is 8.42 Å². The number of benzene rings is 1. The lowest BCUT2D eigenvalue weighted by Crippen LogP contribution is -2.49. The molecule has 104 valence electrons. The molecule has 1 saturated heterocycles. The first-order valence-corrected chi connectivity index (χ1v) is 8.38. The minimum atomic E-state index is -3.01. The van der Waals surface area contributed by atoms with E-state index in [1.54, 1.807) is 17.9 Å². The highest BCUT2D eigenvalue weighted by atomic mass is 32.2. The van der Waals surface area contributed by atoms with Gasteiger partial charge in [0.2, 0.25) is 0 Å². The van der Waals surface area contributed by atoms with Gasteiger partial charge >= 0.3 is 0 Å². The fourth-order valence-electron chi connectivity index (χ4n) is 2.30. The second-order valence-corrected chi connectivity index (χ2v) is 7.71. The van der Waals surface area contributed by atoms with Crippen LogP contribution in [0.5, 0.6) is 0 Å². The van der Waals surface area contributed by atoms with E-state index in [0.717, 1.165) is 10.5 Å². The summed E-state index contributed by atoms with van der Waals surface area (Å²) in [6, 6.07) is 5.13. The minimum absolute atomic E-state index is 0.0400. The van der Waals surface area contributed by atoms with Crippen LogP contribution in [0.25, 0.3) is 0 Å². The molecule has 1 unspecified atom stereocenters. The lowest BCUT2D eigenvalue weighted by Gasteiger charge is -2.33. The molecule has 1 aliphatic rings. The first kappa shape index (κ1) is 14.4. The molecular formula is C13H17NO3S2. The van der Waals surface area contributed by atoms with Crippen molar-refractivity contribution in [3.63, 3.8) is 0 Å². The maximum Gasteiger partial charge on any atom is 0.254 e. The fraction of sp³-hybridized carbons (Fsp3) is 0.462. The van der Waals surface area contributed by atoms with Gasteiger partial charge in [0, 0.05) is 23.0 Å². The molecule has 2 rings (SSSR count). The Hall–Kier alpha value is -1.01. The van der Waals surface area contributed by atoms with Gasteiger partial charge in [-0.15, -0.1) is 12.6 Å². The van der Waals surface area contributed by atoms with Crippen molar-refractivity contribution in [2.45, 2.75) is 24.8 Å². The van der Waals surface area contributed by atoms with Crippen LogP contribution < -0.4 is 0 Å². The zero-order valence-corrected chi connectivity index (χ0v) is 12.7. The van der Waals surface area contributed by atoms with Crippen LogP contribution in [0.4, 0.5) is 0 Å². The minimum Gasteiger partial charge on any atom is -0.334 e. The first-order valence-electron chi connectivity index (χ1n) is 6.11. The number of nitrogens with zero attached hydrogens (tertiary/aromatic N) is 1. The van der Waals surface area contributed by atoms with Crippen LogP contribution in [0, 0.1) is 6.92 Å². The zero-order valence-electron chi connectivity index (χ0n) is 11.0. The fourth-order valence-corrected chi connectivity index (χ4v) is 4.06. The quantitative estimate of drug-likeness (QED) is 0.800. The molecular weight excluding hydrogens is 282 g/mol. The summed E-state index contributed by atoms with van der Waals surface area (Å²) < 4.78 is 23.1. The van der Waals surface area contributed by atoms with Crippen LogP contribution in [-0.2, 0) is 9.84 Å². The van der Waals surface area contributed by atoms with Gasteiger partial charge in [0.25, 0.3) is 5.91 Å². The number of thiol groups is 1. The number of carbonyl (C=O) groups excluding carboxylic acids is 1. The second-order valence-electron chi connectivity index (χ2n) is 4.96. The summed E-state index contributed by atoms with van der Waals surface area (Å²) in [4.78, 5) is 14.9. The molecule has 1 aliphatic heterocycles. The van der Waals surface area contributed by atoms with E-state index in [1.807, 2.05) is 19.1 Å². The van der Waals surface area contributed by atoms with Gasteiger partial charge in [0.15, 0.2) is 9.84 Å². The third-order valence-electron chi connectivity index (χ3n) is 3.38. The van der Waals surface area contributed by atoms with Crippen LogP contribution in [0.2, 0.25) is 0 Å². The van der Waals surface area contributed by atoms with Crippen LogP contribution in [-0.4, -0.2) is 43.3 Å². The lowest BCUT2D eigenvalue weighted by molar-refractivity contribution is 0.0711. The third-order valence-corrected chi connectivity index (χ3v) is 5.46. The van der Waals surface area contributed by atoms with Gasteiger partial charge < -0.3 is 4.90 Å². The third kappa shape index (κ3) is 3.12. The topological polar surface area (TPSA) is 54.5 Å². The summed E-state index contributed by atoms with van der Waals surface area (Å²) in [6.07, 6.45) is 0. The molecule has 1 aromatic rings. The van der Waals surface area contributed by atoms with E-state index in [0.29, 0.717) is 5.56 Å². The molecule has 1 heterocycles. The zero-order chi connectivity index (χ0) is 14.2. The number of hydrogen-bond acceptors (Lipinski definition) is 4. The average Bonchev–Trinajstić information content (AvgIpc) is 2.30. The van der Waals surface area contributed by atoms with Crippen molar-refractivity contribution in [3.05, 3.63) is 29.3 Å². The molecule has 0 N–H and O–H groups in total. The van der Waals surface area contributed by atoms with E-state index >= 15 is 0 Å². The highest BCUT2D eigenvalue weighted by Gasteiger charge is 2.32. The predicted octanol–water partition coefficient (Wildman–Crippen LogP) is 1.54. The van der Waals surface area contributed by atoms with E-state index in [4.69, 9.17) is 0 Å². The number of hydrogen-bond donors (Lipinski definition) is 1. The Morgan fingerprint density at radius 2 is 2.11 bits per heavy atom. The van der Waals surface area contributed by atoms with Crippen molar-refractivity contribution in [2.24, 2.45) is 0 Å². The molecule has 1 aromatic carbocycles. The molecule has 0 aliphatic carbocycles. The molecule has 0 aromatic heterocycles. The van der Waals surface area contributed by atoms with E-state index in [2.05, 4.69) is 12.6 Å². The van der Waals surface area contributed by atoms with Crippen molar-refractivity contribution in [1.82, 2.24) is 4.90 Å². The summed E-state index contributed by atoms with van der Waals surface area (Å²) in [5, 5.41) is 0. The molecule has 0 spiro atoms. The SMILES string of the molecule is Cc1ccc(S)cc1C(=O)N1CCS(=O)(=O)CC1C. The Balaban J connectivity index is 2.27. The highest BCUT2D eigenvalue weighted by Crippen LogP contribution is 2.20. The molecule has 1 amide bonds. The van der Waals surface area contributed by atoms with E-state index in [1.165, 1.54) is 0 Å². The van der Waals surface area contributed by atoms with E-state index in [9.17, 15) is 13.2 Å². The van der Waals surface area contributed by atoms with Crippen LogP contribution in [0.15, 0.2) is 23.1 Å². The van der Waals surface area contributed by atoms with Gasteiger partial charge in [0.1, 0.15) is 0 Å². The molecule has 0 bridgehead atoms. The predicted molar refractivity (Wildman–Crippen MR) is 77.6 cm³/mol. The Morgan fingerprint density at radius 3 is 2.74 bits per heavy atom. The second kappa shape index (κ2) is 5.17. The van der Waals surface area contributed by atoms with Gasteiger partial charge in [0.05, 0.1) is 11.5 Å². The van der Waals surface area contributed by atoms with Gasteiger partial charge in [-0.3, -0.25) is 4.79 Å². The molecule has 1 atom stereocenters. The summed E-state index contributed by atoms with van der Waals surface area (Å²) in [5.74, 6) is -0.0306. The maximum atomic E-state index is 12.5. The summed E-state index contributed by atoms with van der Waals surface area (Å²) in [6.45, 7) is 3.90. The molecule has 4 nitrogen and oxygen atoms in total.